The summed E-state index contributed by atoms with van der Waals surface area (Å²) in [6.07, 6.45) is 0.561. The lowest BCUT2D eigenvalue weighted by atomic mass is 10.0. The predicted molar refractivity (Wildman–Crippen MR) is 104 cm³/mol. The molecule has 1 aromatic heterocycles. The Morgan fingerprint density at radius 2 is 1.75 bits per heavy atom. The van der Waals surface area contributed by atoms with Crippen LogP contribution in [0.25, 0.3) is 0 Å². The molecule has 0 aliphatic heterocycles. The van der Waals surface area contributed by atoms with Gasteiger partial charge in [0, 0.05) is 19.2 Å². The molecule has 142 valence electrons. The second kappa shape index (κ2) is 9.12. The maximum atomic E-state index is 9.59. The number of nitrogens with two attached hydrogens (primary N) is 1. The van der Waals surface area contributed by atoms with Gasteiger partial charge in [0.25, 0.3) is 0 Å². The fourth-order valence-corrected chi connectivity index (χ4v) is 2.85. The number of aromatic nitrogens is 1. The second-order valence-corrected chi connectivity index (χ2v) is 5.97. The first kappa shape index (κ1) is 20.4. The Morgan fingerprint density at radius 1 is 1.07 bits per heavy atom. The molecule has 8 nitrogen and oxygen atoms in total. The third-order valence-electron chi connectivity index (χ3n) is 4.33. The fourth-order valence-electron chi connectivity index (χ4n) is 2.85. The molecule has 0 aliphatic rings. The molecule has 0 unspecified atom stereocenters. The molecule has 0 fully saturated rings. The van der Waals surface area contributed by atoms with Gasteiger partial charge in [0.15, 0.2) is 11.5 Å². The van der Waals surface area contributed by atoms with Gasteiger partial charge in [0.05, 0.1) is 32.3 Å². The molecular weight excluding hydrogens is 356 g/mol. The maximum Gasteiger partial charge on any atom is 0.160 e. The van der Waals surface area contributed by atoms with E-state index in [1.165, 1.54) is 0 Å². The molecule has 0 saturated carbocycles. The molecule has 2 rings (SSSR count). The van der Waals surface area contributed by atoms with Gasteiger partial charge in [0.2, 0.25) is 0 Å². The Balaban J connectivity index is 2.32. The van der Waals surface area contributed by atoms with Crippen molar-refractivity contribution in [3.63, 3.8) is 0 Å². The minimum absolute atomic E-state index is 0.0136. The quantitative estimate of drug-likeness (QED) is 0.777. The third-order valence-corrected chi connectivity index (χ3v) is 4.33. The summed E-state index contributed by atoms with van der Waals surface area (Å²) >= 11 is 0. The summed E-state index contributed by atoms with van der Waals surface area (Å²) in [5.41, 5.74) is 7.50. The Morgan fingerprint density at radius 3 is 2.32 bits per heavy atom. The maximum absolute atomic E-state index is 9.59. The molecule has 2 aromatic rings. The van der Waals surface area contributed by atoms with Gasteiger partial charge in [-0.15, -0.1) is 0 Å². The number of nitrogen functional groups attached to an aromatic ring is 1. The zero-order valence-electron chi connectivity index (χ0n) is 16.0. The molecule has 0 radical (unpaired) electrons. The van der Waals surface area contributed by atoms with Crippen molar-refractivity contribution in [3.8, 4) is 29.7 Å². The molecule has 0 bridgehead atoms. The standard InChI is InChI=1S/C20H20N6O2/c1-26(9-7-13-4-5-17(27-2)18(10-13)28-3)20-16(12-23)14(6-8-21)15(11-22)19(24)25-20/h4-5,10H,6-7,9H2,1-3H3,(H2,24,25). The topological polar surface area (TPSA) is 132 Å². The van der Waals surface area contributed by atoms with E-state index < -0.39 is 0 Å². The van der Waals surface area contributed by atoms with Gasteiger partial charge in [-0.3, -0.25) is 0 Å². The number of nitriles is 3. The highest BCUT2D eigenvalue weighted by Crippen LogP contribution is 2.29. The van der Waals surface area contributed by atoms with E-state index in [0.717, 1.165) is 5.56 Å². The molecule has 28 heavy (non-hydrogen) atoms. The van der Waals surface area contributed by atoms with Crippen LogP contribution >= 0.6 is 0 Å². The van der Waals surface area contributed by atoms with Crippen LogP contribution < -0.4 is 20.1 Å². The summed E-state index contributed by atoms with van der Waals surface area (Å²) in [4.78, 5) is 6.02. The molecule has 2 N–H and O–H groups in total. The number of methoxy groups -OCH3 is 2. The van der Waals surface area contributed by atoms with E-state index in [4.69, 9.17) is 20.5 Å². The van der Waals surface area contributed by atoms with Crippen LogP contribution in [0.3, 0.4) is 0 Å². The number of likely N-dealkylation sites (N-methyl/N-ethyl adjacent to an activating group) is 1. The Hall–Kier alpha value is -3.96. The van der Waals surface area contributed by atoms with E-state index >= 15 is 0 Å². The zero-order chi connectivity index (χ0) is 20.7. The van der Waals surface area contributed by atoms with Crippen LogP contribution in [0, 0.1) is 34.0 Å². The molecule has 1 aromatic carbocycles. The number of hydrogen-bond acceptors (Lipinski definition) is 8. The van der Waals surface area contributed by atoms with Crippen molar-refractivity contribution >= 4 is 11.6 Å². The Bertz CT molecular complexity index is 998. The third kappa shape index (κ3) is 4.06. The summed E-state index contributed by atoms with van der Waals surface area (Å²) in [6.45, 7) is 0.536. The largest absolute Gasteiger partial charge is 0.493 e. The van der Waals surface area contributed by atoms with E-state index in [1.54, 1.807) is 26.2 Å². The van der Waals surface area contributed by atoms with Crippen molar-refractivity contribution in [1.29, 1.82) is 15.8 Å². The van der Waals surface area contributed by atoms with Crippen LogP contribution in [-0.4, -0.2) is 32.8 Å². The minimum atomic E-state index is -0.0883. The van der Waals surface area contributed by atoms with E-state index in [-0.39, 0.29) is 23.4 Å². The van der Waals surface area contributed by atoms with Crippen molar-refractivity contribution in [2.24, 2.45) is 0 Å². The van der Waals surface area contributed by atoms with Gasteiger partial charge in [-0.05, 0) is 24.1 Å². The molecule has 0 saturated heterocycles. The molecule has 0 spiro atoms. The minimum Gasteiger partial charge on any atom is -0.493 e. The molecule has 1 heterocycles. The highest BCUT2D eigenvalue weighted by atomic mass is 16.5. The molecule has 0 amide bonds. The van der Waals surface area contributed by atoms with E-state index in [1.807, 2.05) is 30.3 Å². The molecule has 8 heteroatoms. The van der Waals surface area contributed by atoms with E-state index in [0.29, 0.717) is 35.8 Å². The van der Waals surface area contributed by atoms with Crippen LogP contribution in [-0.2, 0) is 12.8 Å². The summed E-state index contributed by atoms with van der Waals surface area (Å²) in [7, 11) is 4.94. The number of hydrogen-bond donors (Lipinski definition) is 1. The normalized spacial score (nSPS) is 9.71. The van der Waals surface area contributed by atoms with E-state index in [9.17, 15) is 10.5 Å². The summed E-state index contributed by atoms with van der Waals surface area (Å²) in [6, 6.07) is 11.6. The molecular formula is C20H20N6O2. The first-order valence-electron chi connectivity index (χ1n) is 8.42. The smallest absolute Gasteiger partial charge is 0.160 e. The number of ether oxygens (including phenoxy) is 2. The number of benzene rings is 1. The van der Waals surface area contributed by atoms with Crippen LogP contribution in [0.15, 0.2) is 18.2 Å². The highest BCUT2D eigenvalue weighted by molar-refractivity contribution is 5.68. The number of nitrogens with zero attached hydrogens (tertiary/aromatic N) is 5. The predicted octanol–water partition coefficient (Wildman–Crippen LogP) is 2.17. The fraction of sp³-hybridized carbons (Fsp3) is 0.300. The Kier molecular flexibility index (Phi) is 6.63. The van der Waals surface area contributed by atoms with Crippen molar-refractivity contribution in [3.05, 3.63) is 40.5 Å². The van der Waals surface area contributed by atoms with Gasteiger partial charge in [-0.25, -0.2) is 4.98 Å². The van der Waals surface area contributed by atoms with Gasteiger partial charge in [-0.1, -0.05) is 6.07 Å². The average Bonchev–Trinajstić information content (AvgIpc) is 2.71. The first-order valence-corrected chi connectivity index (χ1v) is 8.42. The lowest BCUT2D eigenvalue weighted by molar-refractivity contribution is 0.354. The van der Waals surface area contributed by atoms with Crippen molar-refractivity contribution in [2.45, 2.75) is 12.8 Å². The van der Waals surface area contributed by atoms with Gasteiger partial charge in [-0.2, -0.15) is 15.8 Å². The molecule has 0 aliphatic carbocycles. The van der Waals surface area contributed by atoms with Gasteiger partial charge in [0.1, 0.15) is 29.3 Å². The number of pyridine rings is 1. The summed E-state index contributed by atoms with van der Waals surface area (Å²) < 4.78 is 10.6. The average molecular weight is 376 g/mol. The van der Waals surface area contributed by atoms with E-state index in [2.05, 4.69) is 11.1 Å². The van der Waals surface area contributed by atoms with Crippen molar-refractivity contribution in [2.75, 3.05) is 38.4 Å². The lowest BCUT2D eigenvalue weighted by Crippen LogP contribution is -2.24. The summed E-state index contributed by atoms with van der Waals surface area (Å²) in [5.74, 6) is 1.65. The lowest BCUT2D eigenvalue weighted by Gasteiger charge is -2.22. The molecule has 0 atom stereocenters. The van der Waals surface area contributed by atoms with Crippen molar-refractivity contribution < 1.29 is 9.47 Å². The van der Waals surface area contributed by atoms with Crippen LogP contribution in [0.5, 0.6) is 11.5 Å². The summed E-state index contributed by atoms with van der Waals surface area (Å²) in [5, 5.41) is 27.9. The number of anilines is 2. The van der Waals surface area contributed by atoms with Crippen LogP contribution in [0.1, 0.15) is 22.3 Å². The first-order chi connectivity index (χ1) is 13.5. The van der Waals surface area contributed by atoms with Crippen molar-refractivity contribution in [1.82, 2.24) is 4.98 Å². The highest BCUT2D eigenvalue weighted by Gasteiger charge is 2.20. The zero-order valence-corrected chi connectivity index (χ0v) is 16.0. The Labute approximate surface area is 163 Å². The monoisotopic (exact) mass is 376 g/mol. The van der Waals surface area contributed by atoms with Gasteiger partial charge >= 0.3 is 0 Å². The SMILES string of the molecule is COc1ccc(CCN(C)c2nc(N)c(C#N)c(CC#N)c2C#N)cc1OC. The second-order valence-electron chi connectivity index (χ2n) is 5.97. The number of rotatable bonds is 7. The van der Waals surface area contributed by atoms with Crippen LogP contribution in [0.4, 0.5) is 11.6 Å². The van der Waals surface area contributed by atoms with Crippen LogP contribution in [0.2, 0.25) is 0 Å². The van der Waals surface area contributed by atoms with Gasteiger partial charge < -0.3 is 20.1 Å².